The summed E-state index contributed by atoms with van der Waals surface area (Å²) in [5.41, 5.74) is -2.38. The van der Waals surface area contributed by atoms with Crippen LogP contribution < -0.4 is 5.01 Å². The molecule has 10 heteroatoms. The molecule has 0 N–H and O–H groups in total. The Morgan fingerprint density at radius 2 is 1.74 bits per heavy atom. The van der Waals surface area contributed by atoms with Crippen LogP contribution in [-0.2, 0) is 11.3 Å². The minimum atomic E-state index is -5.90. The number of carbonyl (C=O) groups is 1. The van der Waals surface area contributed by atoms with E-state index in [1.807, 2.05) is 0 Å². The molecule has 1 aliphatic heterocycles. The van der Waals surface area contributed by atoms with Gasteiger partial charge in [0, 0.05) is 12.7 Å². The monoisotopic (exact) mass is 384 g/mol. The number of hydrogen-bond donors (Lipinski definition) is 0. The second-order valence-electron chi connectivity index (χ2n) is 5.63. The first kappa shape index (κ1) is 18.7. The number of anilines is 1. The summed E-state index contributed by atoms with van der Waals surface area (Å²) in [6.45, 7) is 2.24. The van der Waals surface area contributed by atoms with Gasteiger partial charge in [-0.2, -0.15) is 37.2 Å². The average molecular weight is 384 g/mol. The number of carbonyl (C=O) groups excluding carboxylic acids is 1. The summed E-state index contributed by atoms with van der Waals surface area (Å²) in [4.78, 5) is 12.6. The maximum Gasteiger partial charge on any atom is 0.459 e. The van der Waals surface area contributed by atoms with Crippen molar-refractivity contribution in [3.8, 4) is 0 Å². The van der Waals surface area contributed by atoms with Crippen LogP contribution in [-0.4, -0.2) is 33.5 Å². The van der Waals surface area contributed by atoms with Gasteiger partial charge in [-0.3, -0.25) is 9.48 Å². The number of hydrogen-bond acceptors (Lipinski definition) is 3. The van der Waals surface area contributed by atoms with E-state index in [2.05, 4.69) is 10.2 Å². The maximum atomic E-state index is 14.0. The molecule has 0 aliphatic carbocycles. The van der Waals surface area contributed by atoms with E-state index < -0.39 is 29.3 Å². The van der Waals surface area contributed by atoms with Gasteiger partial charge < -0.3 is 0 Å². The van der Waals surface area contributed by atoms with Gasteiger partial charge in [-0.25, -0.2) is 0 Å². The van der Waals surface area contributed by atoms with E-state index in [1.54, 1.807) is 13.0 Å². The molecule has 142 valence electrons. The van der Waals surface area contributed by atoms with E-state index in [4.69, 9.17) is 0 Å². The third-order valence-corrected chi connectivity index (χ3v) is 3.81. The van der Waals surface area contributed by atoms with Crippen LogP contribution in [0.5, 0.6) is 0 Å². The van der Waals surface area contributed by atoms with E-state index in [-0.39, 0.29) is 11.4 Å². The van der Waals surface area contributed by atoms with Crippen LogP contribution in [0.3, 0.4) is 0 Å². The highest BCUT2D eigenvalue weighted by atomic mass is 19.4. The van der Waals surface area contributed by atoms with Crippen molar-refractivity contribution in [1.82, 2.24) is 9.78 Å². The first-order valence-corrected chi connectivity index (χ1v) is 7.84. The Morgan fingerprint density at radius 3 is 2.30 bits per heavy atom. The summed E-state index contributed by atoms with van der Waals surface area (Å²) in [6, 6.07) is 8.76. The molecule has 27 heavy (non-hydrogen) atoms. The highest BCUT2D eigenvalue weighted by Crippen LogP contribution is 2.41. The molecular weight excluding hydrogens is 371 g/mol. The fourth-order valence-electron chi connectivity index (χ4n) is 2.43. The van der Waals surface area contributed by atoms with E-state index in [1.165, 1.54) is 41.2 Å². The quantitative estimate of drug-likeness (QED) is 0.593. The number of nitrogens with zero attached hydrogens (tertiary/aromatic N) is 4. The minimum absolute atomic E-state index is 0.0699. The van der Waals surface area contributed by atoms with Crippen LogP contribution in [0.15, 0.2) is 53.3 Å². The van der Waals surface area contributed by atoms with Gasteiger partial charge in [-0.15, -0.1) is 0 Å². The number of para-hydroxylation sites is 1. The highest BCUT2D eigenvalue weighted by Gasteiger charge is 2.64. The zero-order valence-corrected chi connectivity index (χ0v) is 13.9. The number of rotatable bonds is 4. The Balaban J connectivity index is 2.12. The zero-order chi connectivity index (χ0) is 19.8. The van der Waals surface area contributed by atoms with Crippen molar-refractivity contribution in [3.63, 3.8) is 0 Å². The molecule has 0 radical (unpaired) electrons. The van der Waals surface area contributed by atoms with Gasteiger partial charge in [0.15, 0.2) is 5.71 Å². The molecule has 0 saturated carbocycles. The first-order valence-electron chi connectivity index (χ1n) is 7.84. The van der Waals surface area contributed by atoms with Crippen LogP contribution in [0.2, 0.25) is 0 Å². The standard InChI is InChI=1S/C17H13F5N4O/c1-2-25-9-8-11(23-25)10-13-14(16(18,19)17(20,21)22)24-26(15(13)27)12-6-4-3-5-7-12/h3-10H,2H2,1H3/b13-10+. The van der Waals surface area contributed by atoms with E-state index >= 15 is 0 Å². The molecule has 0 saturated heterocycles. The predicted molar refractivity (Wildman–Crippen MR) is 88.2 cm³/mol. The van der Waals surface area contributed by atoms with Crippen molar-refractivity contribution in [3.05, 3.63) is 53.9 Å². The maximum absolute atomic E-state index is 14.0. The Morgan fingerprint density at radius 1 is 1.07 bits per heavy atom. The largest absolute Gasteiger partial charge is 0.459 e. The number of amides is 1. The number of hydrazone groups is 1. The lowest BCUT2D eigenvalue weighted by atomic mass is 10.0. The molecule has 1 aromatic carbocycles. The average Bonchev–Trinajstić information content (AvgIpc) is 3.20. The highest BCUT2D eigenvalue weighted by molar-refractivity contribution is 6.34. The van der Waals surface area contributed by atoms with Crippen LogP contribution >= 0.6 is 0 Å². The van der Waals surface area contributed by atoms with E-state index in [9.17, 15) is 26.7 Å². The van der Waals surface area contributed by atoms with Gasteiger partial charge in [0.05, 0.1) is 17.0 Å². The number of benzene rings is 1. The molecule has 2 aromatic rings. The molecule has 1 amide bonds. The molecule has 0 atom stereocenters. The number of aryl methyl sites for hydroxylation is 1. The second-order valence-corrected chi connectivity index (χ2v) is 5.63. The first-order chi connectivity index (χ1) is 12.6. The Kier molecular flexibility index (Phi) is 4.58. The van der Waals surface area contributed by atoms with Crippen LogP contribution in [0.1, 0.15) is 12.6 Å². The molecule has 1 aromatic heterocycles. The normalized spacial score (nSPS) is 17.0. The molecular formula is C17H13F5N4O. The summed E-state index contributed by atoms with van der Waals surface area (Å²) in [6.07, 6.45) is -3.50. The van der Waals surface area contributed by atoms with Crippen LogP contribution in [0, 0.1) is 0 Å². The lowest BCUT2D eigenvalue weighted by Crippen LogP contribution is -2.44. The van der Waals surface area contributed by atoms with Crippen molar-refractivity contribution < 1.29 is 26.7 Å². The molecule has 1 aliphatic rings. The van der Waals surface area contributed by atoms with Gasteiger partial charge >= 0.3 is 12.1 Å². The van der Waals surface area contributed by atoms with Crippen molar-refractivity contribution in [1.29, 1.82) is 0 Å². The second kappa shape index (κ2) is 6.60. The smallest absolute Gasteiger partial charge is 0.272 e. The van der Waals surface area contributed by atoms with Gasteiger partial charge in [0.2, 0.25) is 0 Å². The molecule has 0 unspecified atom stereocenters. The summed E-state index contributed by atoms with van der Waals surface area (Å²) in [5.74, 6) is -6.39. The van der Waals surface area contributed by atoms with Crippen molar-refractivity contribution >= 4 is 23.4 Å². The summed E-state index contributed by atoms with van der Waals surface area (Å²) in [5, 5.41) is 7.83. The Bertz CT molecular complexity index is 915. The van der Waals surface area contributed by atoms with Gasteiger partial charge in [-0.05, 0) is 31.2 Å². The SMILES string of the molecule is CCn1ccc(/C=C2/C(=O)N(c3ccccc3)N=C2C(F)(F)C(F)(F)F)n1. The number of halogens is 5. The number of aromatic nitrogens is 2. The van der Waals surface area contributed by atoms with E-state index in [0.29, 0.717) is 11.6 Å². The van der Waals surface area contributed by atoms with Gasteiger partial charge in [-0.1, -0.05) is 18.2 Å². The minimum Gasteiger partial charge on any atom is -0.272 e. The third-order valence-electron chi connectivity index (χ3n) is 3.81. The van der Waals surface area contributed by atoms with Crippen molar-refractivity contribution in [2.24, 2.45) is 5.10 Å². The lowest BCUT2D eigenvalue weighted by Gasteiger charge is -2.19. The van der Waals surface area contributed by atoms with Crippen LogP contribution in [0.25, 0.3) is 6.08 Å². The zero-order valence-electron chi connectivity index (χ0n) is 13.9. The molecule has 2 heterocycles. The summed E-state index contributed by atoms with van der Waals surface area (Å²) < 4.78 is 68.2. The topological polar surface area (TPSA) is 50.5 Å². The Hall–Kier alpha value is -3.04. The lowest BCUT2D eigenvalue weighted by molar-refractivity contribution is -0.248. The molecule has 5 nitrogen and oxygen atoms in total. The van der Waals surface area contributed by atoms with Crippen LogP contribution in [0.4, 0.5) is 27.6 Å². The van der Waals surface area contributed by atoms with Gasteiger partial charge in [0.25, 0.3) is 5.91 Å². The third kappa shape index (κ3) is 3.34. The Labute approximate surface area is 150 Å². The predicted octanol–water partition coefficient (Wildman–Crippen LogP) is 3.89. The molecule has 0 spiro atoms. The molecule has 3 rings (SSSR count). The van der Waals surface area contributed by atoms with E-state index in [0.717, 1.165) is 6.08 Å². The summed E-state index contributed by atoms with van der Waals surface area (Å²) in [7, 11) is 0. The fourth-order valence-corrected chi connectivity index (χ4v) is 2.43. The number of alkyl halides is 5. The fraction of sp³-hybridized carbons (Fsp3) is 0.235. The van der Waals surface area contributed by atoms with Crippen molar-refractivity contribution in [2.45, 2.75) is 25.6 Å². The van der Waals surface area contributed by atoms with Gasteiger partial charge in [0.1, 0.15) is 0 Å². The molecule has 0 fully saturated rings. The molecule has 0 bridgehead atoms. The van der Waals surface area contributed by atoms with Crippen molar-refractivity contribution in [2.75, 3.05) is 5.01 Å². The summed E-state index contributed by atoms with van der Waals surface area (Å²) >= 11 is 0.